The summed E-state index contributed by atoms with van der Waals surface area (Å²) >= 11 is 0. The van der Waals surface area contributed by atoms with Crippen LogP contribution in [0.5, 0.6) is 5.75 Å². The van der Waals surface area contributed by atoms with Crippen molar-refractivity contribution in [2.75, 3.05) is 24.7 Å². The highest BCUT2D eigenvalue weighted by molar-refractivity contribution is 5.91. The van der Waals surface area contributed by atoms with E-state index in [0.29, 0.717) is 30.2 Å². The van der Waals surface area contributed by atoms with E-state index in [-0.39, 0.29) is 6.61 Å². The van der Waals surface area contributed by atoms with E-state index in [2.05, 4.69) is 0 Å². The average Bonchev–Trinajstić information content (AvgIpc) is 2.51. The molecule has 0 spiro atoms. The van der Waals surface area contributed by atoms with Gasteiger partial charge in [0, 0.05) is 0 Å². The molecule has 0 radical (unpaired) electrons. The summed E-state index contributed by atoms with van der Waals surface area (Å²) in [7, 11) is 0. The van der Waals surface area contributed by atoms with Crippen LogP contribution >= 0.6 is 0 Å². The summed E-state index contributed by atoms with van der Waals surface area (Å²) in [5, 5.41) is 10.1. The van der Waals surface area contributed by atoms with Crippen molar-refractivity contribution in [1.82, 2.24) is 0 Å². The summed E-state index contributed by atoms with van der Waals surface area (Å²) in [4.78, 5) is 25.5. The van der Waals surface area contributed by atoms with Crippen LogP contribution in [0.15, 0.2) is 18.2 Å². The van der Waals surface area contributed by atoms with Gasteiger partial charge in [0.25, 0.3) is 0 Å². The fourth-order valence-corrected chi connectivity index (χ4v) is 2.27. The number of aliphatic hydroxyl groups excluding tert-OH is 1. The first kappa shape index (κ1) is 18.1. The van der Waals surface area contributed by atoms with Crippen molar-refractivity contribution < 1.29 is 28.9 Å². The number of esters is 1. The number of benzene rings is 1. The normalized spacial score (nSPS) is 15.1. The smallest absolute Gasteiger partial charge is 0.415 e. The highest BCUT2D eigenvalue weighted by atomic mass is 16.6. The molecule has 1 N–H and O–H groups in total. The van der Waals surface area contributed by atoms with Crippen LogP contribution in [0.2, 0.25) is 0 Å². The van der Waals surface area contributed by atoms with Crippen LogP contribution in [-0.2, 0) is 14.3 Å². The van der Waals surface area contributed by atoms with Crippen molar-refractivity contribution in [3.05, 3.63) is 23.8 Å². The number of aliphatic hydroxyl groups is 1. The molecule has 0 aliphatic carbocycles. The molecule has 1 aliphatic rings. The predicted octanol–water partition coefficient (Wildman–Crippen LogP) is 2.42. The van der Waals surface area contributed by atoms with Crippen LogP contribution in [0.25, 0.3) is 0 Å². The topological polar surface area (TPSA) is 85.3 Å². The number of ether oxygens (including phenoxy) is 3. The van der Waals surface area contributed by atoms with E-state index in [1.54, 1.807) is 45.9 Å². The van der Waals surface area contributed by atoms with Crippen LogP contribution in [0.3, 0.4) is 0 Å². The van der Waals surface area contributed by atoms with Crippen molar-refractivity contribution in [3.63, 3.8) is 0 Å². The van der Waals surface area contributed by atoms with E-state index in [1.807, 2.05) is 0 Å². The first-order valence-corrected chi connectivity index (χ1v) is 7.85. The Labute approximate surface area is 141 Å². The van der Waals surface area contributed by atoms with Gasteiger partial charge in [0.05, 0.1) is 18.8 Å². The van der Waals surface area contributed by atoms with Gasteiger partial charge in [-0.25, -0.2) is 9.59 Å². The van der Waals surface area contributed by atoms with Gasteiger partial charge in [-0.3, -0.25) is 4.90 Å². The Morgan fingerprint density at radius 2 is 2.08 bits per heavy atom. The number of amides is 1. The highest BCUT2D eigenvalue weighted by Gasteiger charge is 2.30. The maximum Gasteiger partial charge on any atom is 0.415 e. The van der Waals surface area contributed by atoms with E-state index < -0.39 is 23.8 Å². The lowest BCUT2D eigenvalue weighted by atomic mass is 10.1. The quantitative estimate of drug-likeness (QED) is 0.853. The third-order valence-electron chi connectivity index (χ3n) is 3.29. The molecular formula is C17H23NO6. The largest absolute Gasteiger partial charge is 0.490 e. The van der Waals surface area contributed by atoms with Crippen LogP contribution in [-0.4, -0.2) is 42.5 Å². The monoisotopic (exact) mass is 337 g/mol. The van der Waals surface area contributed by atoms with Crippen molar-refractivity contribution in [3.8, 4) is 5.75 Å². The van der Waals surface area contributed by atoms with E-state index in [1.165, 1.54) is 4.90 Å². The van der Waals surface area contributed by atoms with Crippen LogP contribution in [0.1, 0.15) is 39.4 Å². The molecule has 0 fully saturated rings. The fraction of sp³-hybridized carbons (Fsp3) is 0.529. The van der Waals surface area contributed by atoms with E-state index in [0.717, 1.165) is 0 Å². The fourth-order valence-electron chi connectivity index (χ4n) is 2.27. The molecule has 0 bridgehead atoms. The minimum absolute atomic E-state index is 0.175. The third kappa shape index (κ3) is 4.17. The summed E-state index contributed by atoms with van der Waals surface area (Å²) in [6.07, 6.45) is -1.92. The van der Waals surface area contributed by atoms with E-state index in [4.69, 9.17) is 14.2 Å². The van der Waals surface area contributed by atoms with Gasteiger partial charge < -0.3 is 19.3 Å². The molecule has 1 aromatic rings. The van der Waals surface area contributed by atoms with Crippen LogP contribution in [0.4, 0.5) is 10.5 Å². The lowest BCUT2D eigenvalue weighted by molar-refractivity contribution is -0.153. The first-order valence-electron chi connectivity index (χ1n) is 7.85. The molecule has 24 heavy (non-hydrogen) atoms. The van der Waals surface area contributed by atoms with Gasteiger partial charge >= 0.3 is 12.1 Å². The third-order valence-corrected chi connectivity index (χ3v) is 3.29. The zero-order valence-electron chi connectivity index (χ0n) is 14.4. The van der Waals surface area contributed by atoms with Gasteiger partial charge in [-0.15, -0.1) is 0 Å². The number of fused-ring (bicyclic) bond motifs is 1. The second kappa shape index (κ2) is 7.09. The minimum atomic E-state index is -1.42. The molecule has 7 nitrogen and oxygen atoms in total. The maximum atomic E-state index is 12.4. The molecule has 1 unspecified atom stereocenters. The SMILES string of the molecule is CCOC(=O)C(O)c1ccc2c(c1)N(C(=O)OC(C)(C)C)CCO2. The Morgan fingerprint density at radius 3 is 2.71 bits per heavy atom. The number of hydrogen-bond donors (Lipinski definition) is 1. The lowest BCUT2D eigenvalue weighted by Crippen LogP contribution is -2.41. The number of nitrogens with zero attached hydrogens (tertiary/aromatic N) is 1. The van der Waals surface area contributed by atoms with E-state index in [9.17, 15) is 14.7 Å². The summed E-state index contributed by atoms with van der Waals surface area (Å²) in [5.41, 5.74) is 0.153. The number of carbonyl (C=O) groups excluding carboxylic acids is 2. The average molecular weight is 337 g/mol. The van der Waals surface area contributed by atoms with Gasteiger partial charge in [-0.05, 0) is 45.4 Å². The van der Waals surface area contributed by atoms with Crippen molar-refractivity contribution in [1.29, 1.82) is 0 Å². The minimum Gasteiger partial charge on any atom is -0.490 e. The van der Waals surface area contributed by atoms with E-state index >= 15 is 0 Å². The number of anilines is 1. The molecular weight excluding hydrogens is 314 g/mol. The zero-order chi connectivity index (χ0) is 17.9. The number of carbonyl (C=O) groups is 2. The van der Waals surface area contributed by atoms with Gasteiger partial charge in [0.1, 0.15) is 18.0 Å². The van der Waals surface area contributed by atoms with Crippen molar-refractivity contribution >= 4 is 17.7 Å². The van der Waals surface area contributed by atoms with Gasteiger partial charge in [0.15, 0.2) is 6.10 Å². The summed E-state index contributed by atoms with van der Waals surface area (Å²) in [6.45, 7) is 7.85. The van der Waals surface area contributed by atoms with Crippen LogP contribution in [0, 0.1) is 0 Å². The summed E-state index contributed by atoms with van der Waals surface area (Å²) in [5.74, 6) is -0.245. The Balaban J connectivity index is 2.29. The molecule has 1 aliphatic heterocycles. The molecule has 0 aromatic heterocycles. The zero-order valence-corrected chi connectivity index (χ0v) is 14.4. The Hall–Kier alpha value is -2.28. The van der Waals surface area contributed by atoms with Gasteiger partial charge in [0.2, 0.25) is 0 Å². The Kier molecular flexibility index (Phi) is 5.33. The molecule has 132 valence electrons. The van der Waals surface area contributed by atoms with Gasteiger partial charge in [-0.2, -0.15) is 0 Å². The van der Waals surface area contributed by atoms with Crippen molar-refractivity contribution in [2.24, 2.45) is 0 Å². The maximum absolute atomic E-state index is 12.4. The van der Waals surface area contributed by atoms with Crippen molar-refractivity contribution in [2.45, 2.75) is 39.4 Å². The molecule has 1 aromatic carbocycles. The highest BCUT2D eigenvalue weighted by Crippen LogP contribution is 2.35. The summed E-state index contributed by atoms with van der Waals surface area (Å²) < 4.78 is 15.7. The molecule has 0 saturated carbocycles. The second-order valence-corrected chi connectivity index (χ2v) is 6.36. The molecule has 1 heterocycles. The first-order chi connectivity index (χ1) is 11.2. The molecule has 7 heteroatoms. The lowest BCUT2D eigenvalue weighted by Gasteiger charge is -2.32. The standard InChI is InChI=1S/C17H23NO6/c1-5-22-15(20)14(19)11-6-7-13-12(10-11)18(8-9-23-13)16(21)24-17(2,3)4/h6-7,10,14,19H,5,8-9H2,1-4H3. The number of rotatable bonds is 3. The van der Waals surface area contributed by atoms with Gasteiger partial charge in [-0.1, -0.05) is 6.07 Å². The summed E-state index contributed by atoms with van der Waals surface area (Å²) in [6, 6.07) is 4.72. The van der Waals surface area contributed by atoms with Crippen LogP contribution < -0.4 is 9.64 Å². The predicted molar refractivity (Wildman–Crippen MR) is 87.1 cm³/mol. The Morgan fingerprint density at radius 1 is 1.38 bits per heavy atom. The molecule has 0 saturated heterocycles. The second-order valence-electron chi connectivity index (χ2n) is 6.36. The Bertz CT molecular complexity index is 622. The molecule has 1 atom stereocenters. The number of hydrogen-bond acceptors (Lipinski definition) is 6. The molecule has 2 rings (SSSR count). The molecule has 1 amide bonds.